The fourth-order valence-corrected chi connectivity index (χ4v) is 2.31. The van der Waals surface area contributed by atoms with Gasteiger partial charge in [-0.25, -0.2) is 0 Å². The van der Waals surface area contributed by atoms with Crippen LogP contribution in [0.2, 0.25) is 0 Å². The molecule has 0 unspecified atom stereocenters. The van der Waals surface area contributed by atoms with Crippen molar-refractivity contribution in [3.63, 3.8) is 0 Å². The van der Waals surface area contributed by atoms with Crippen LogP contribution in [-0.4, -0.2) is 5.91 Å². The molecular formula is C16H20N2O. The minimum atomic E-state index is -0.777. The Morgan fingerprint density at radius 1 is 1.37 bits per heavy atom. The van der Waals surface area contributed by atoms with Crippen molar-refractivity contribution in [3.05, 3.63) is 29.8 Å². The molecule has 19 heavy (non-hydrogen) atoms. The van der Waals surface area contributed by atoms with Crippen molar-refractivity contribution >= 4 is 11.6 Å². The summed E-state index contributed by atoms with van der Waals surface area (Å²) in [5.74, 6) is -0.150. The summed E-state index contributed by atoms with van der Waals surface area (Å²) < 4.78 is 0. The minimum Gasteiger partial charge on any atom is -0.325 e. The Morgan fingerprint density at radius 3 is 2.53 bits per heavy atom. The van der Waals surface area contributed by atoms with Crippen molar-refractivity contribution in [3.8, 4) is 6.07 Å². The predicted octanol–water partition coefficient (Wildman–Crippen LogP) is 3.66. The van der Waals surface area contributed by atoms with Crippen molar-refractivity contribution in [1.29, 1.82) is 5.26 Å². The van der Waals surface area contributed by atoms with Gasteiger partial charge in [0.25, 0.3) is 0 Å². The molecule has 1 aliphatic carbocycles. The number of hydrogen-bond donors (Lipinski definition) is 1. The van der Waals surface area contributed by atoms with Crippen LogP contribution >= 0.6 is 0 Å². The van der Waals surface area contributed by atoms with Crippen LogP contribution in [0.1, 0.15) is 44.6 Å². The number of nitriles is 1. The molecule has 0 bridgehead atoms. The van der Waals surface area contributed by atoms with E-state index in [0.29, 0.717) is 12.8 Å². The van der Waals surface area contributed by atoms with Crippen molar-refractivity contribution in [2.75, 3.05) is 5.32 Å². The normalized spacial score (nSPS) is 16.2. The van der Waals surface area contributed by atoms with Gasteiger partial charge in [-0.05, 0) is 49.8 Å². The van der Waals surface area contributed by atoms with Crippen LogP contribution in [0.25, 0.3) is 0 Å². The van der Waals surface area contributed by atoms with Crippen molar-refractivity contribution in [1.82, 2.24) is 0 Å². The van der Waals surface area contributed by atoms with Crippen LogP contribution in [0, 0.1) is 16.7 Å². The lowest BCUT2D eigenvalue weighted by molar-refractivity contribution is -0.126. The molecule has 0 radical (unpaired) electrons. The Kier molecular flexibility index (Phi) is 4.21. The quantitative estimate of drug-likeness (QED) is 0.874. The van der Waals surface area contributed by atoms with E-state index in [1.165, 1.54) is 18.4 Å². The average Bonchev–Trinajstić information content (AvgIpc) is 2.37. The van der Waals surface area contributed by atoms with Gasteiger partial charge in [0, 0.05) is 5.69 Å². The highest BCUT2D eigenvalue weighted by atomic mass is 16.2. The molecular weight excluding hydrogens is 236 g/mol. The lowest BCUT2D eigenvalue weighted by Gasteiger charge is -2.33. The first-order valence-electron chi connectivity index (χ1n) is 7.02. The number of nitrogens with one attached hydrogen (secondary N) is 1. The molecule has 1 fully saturated rings. The summed E-state index contributed by atoms with van der Waals surface area (Å²) in [5.41, 5.74) is 1.30. The first-order chi connectivity index (χ1) is 9.20. The molecule has 0 atom stereocenters. The SMILES string of the molecule is CCCCc1ccc(NC(=O)C2(C#N)CCC2)cc1. The van der Waals surface area contributed by atoms with Crippen LogP contribution in [0.5, 0.6) is 0 Å². The Hall–Kier alpha value is -1.82. The van der Waals surface area contributed by atoms with Gasteiger partial charge in [0.2, 0.25) is 5.91 Å². The van der Waals surface area contributed by atoms with Crippen LogP contribution < -0.4 is 5.32 Å². The molecule has 3 heteroatoms. The zero-order valence-electron chi connectivity index (χ0n) is 11.4. The molecule has 3 nitrogen and oxygen atoms in total. The third kappa shape index (κ3) is 2.96. The van der Waals surface area contributed by atoms with E-state index in [1.807, 2.05) is 24.3 Å². The third-order valence-corrected chi connectivity index (χ3v) is 3.89. The van der Waals surface area contributed by atoms with Gasteiger partial charge in [-0.2, -0.15) is 5.26 Å². The predicted molar refractivity (Wildman–Crippen MR) is 75.6 cm³/mol. The molecule has 1 aliphatic rings. The molecule has 100 valence electrons. The average molecular weight is 256 g/mol. The lowest BCUT2D eigenvalue weighted by atomic mass is 9.69. The largest absolute Gasteiger partial charge is 0.325 e. The van der Waals surface area contributed by atoms with E-state index >= 15 is 0 Å². The molecule has 0 aromatic heterocycles. The summed E-state index contributed by atoms with van der Waals surface area (Å²) in [4.78, 5) is 12.1. The summed E-state index contributed by atoms with van der Waals surface area (Å²) in [7, 11) is 0. The highest BCUT2D eigenvalue weighted by Crippen LogP contribution is 2.41. The van der Waals surface area contributed by atoms with Gasteiger partial charge < -0.3 is 5.32 Å². The second-order valence-electron chi connectivity index (χ2n) is 5.30. The summed E-state index contributed by atoms with van der Waals surface area (Å²) in [6.07, 6.45) is 5.78. The number of amides is 1. The van der Waals surface area contributed by atoms with Crippen LogP contribution in [-0.2, 0) is 11.2 Å². The van der Waals surface area contributed by atoms with Gasteiger partial charge in [0.15, 0.2) is 0 Å². The van der Waals surface area contributed by atoms with Crippen molar-refractivity contribution in [2.24, 2.45) is 5.41 Å². The van der Waals surface area contributed by atoms with Gasteiger partial charge in [-0.3, -0.25) is 4.79 Å². The maximum atomic E-state index is 12.1. The molecule has 1 N–H and O–H groups in total. The zero-order chi connectivity index (χ0) is 13.7. The zero-order valence-corrected chi connectivity index (χ0v) is 11.4. The minimum absolute atomic E-state index is 0.150. The fourth-order valence-electron chi connectivity index (χ4n) is 2.31. The molecule has 1 amide bonds. The van der Waals surface area contributed by atoms with Crippen LogP contribution in [0.3, 0.4) is 0 Å². The van der Waals surface area contributed by atoms with E-state index < -0.39 is 5.41 Å². The second kappa shape index (κ2) is 5.88. The van der Waals surface area contributed by atoms with Crippen LogP contribution in [0.15, 0.2) is 24.3 Å². The van der Waals surface area contributed by atoms with E-state index in [9.17, 15) is 4.79 Å². The number of aryl methyl sites for hydroxylation is 1. The molecule has 1 saturated carbocycles. The fraction of sp³-hybridized carbons (Fsp3) is 0.500. The number of benzene rings is 1. The van der Waals surface area contributed by atoms with Gasteiger partial charge in [0.05, 0.1) is 6.07 Å². The highest BCUT2D eigenvalue weighted by Gasteiger charge is 2.44. The van der Waals surface area contributed by atoms with E-state index in [-0.39, 0.29) is 5.91 Å². The first-order valence-corrected chi connectivity index (χ1v) is 7.02. The molecule has 2 rings (SSSR count). The number of anilines is 1. The standard InChI is InChI=1S/C16H20N2O/c1-2-3-5-13-6-8-14(9-7-13)18-15(19)16(12-17)10-4-11-16/h6-9H,2-5,10-11H2,1H3,(H,18,19). The number of unbranched alkanes of at least 4 members (excludes halogenated alkanes) is 1. The molecule has 0 aliphatic heterocycles. The van der Waals surface area contributed by atoms with Gasteiger partial charge in [0.1, 0.15) is 5.41 Å². The Morgan fingerprint density at radius 2 is 2.05 bits per heavy atom. The maximum Gasteiger partial charge on any atom is 0.244 e. The number of carbonyl (C=O) groups is 1. The Balaban J connectivity index is 1.96. The molecule has 1 aromatic rings. The third-order valence-electron chi connectivity index (χ3n) is 3.89. The molecule has 0 spiro atoms. The molecule has 0 heterocycles. The number of carbonyl (C=O) groups excluding carboxylic acids is 1. The Bertz CT molecular complexity index is 480. The number of nitrogens with zero attached hydrogens (tertiary/aromatic N) is 1. The van der Waals surface area contributed by atoms with Gasteiger partial charge in [-0.15, -0.1) is 0 Å². The summed E-state index contributed by atoms with van der Waals surface area (Å²) in [6.45, 7) is 2.18. The number of rotatable bonds is 5. The molecule has 1 aromatic carbocycles. The number of hydrogen-bond acceptors (Lipinski definition) is 2. The summed E-state index contributed by atoms with van der Waals surface area (Å²) in [5, 5.41) is 12.0. The van der Waals surface area contributed by atoms with E-state index in [2.05, 4.69) is 18.3 Å². The highest BCUT2D eigenvalue weighted by molar-refractivity contribution is 5.97. The first kappa shape index (κ1) is 13.6. The monoisotopic (exact) mass is 256 g/mol. The topological polar surface area (TPSA) is 52.9 Å². The lowest BCUT2D eigenvalue weighted by Crippen LogP contribution is -2.40. The van der Waals surface area contributed by atoms with Crippen molar-refractivity contribution < 1.29 is 4.79 Å². The Labute approximate surface area is 114 Å². The summed E-state index contributed by atoms with van der Waals surface area (Å²) >= 11 is 0. The van der Waals surface area contributed by atoms with Gasteiger partial charge >= 0.3 is 0 Å². The van der Waals surface area contributed by atoms with Gasteiger partial charge in [-0.1, -0.05) is 25.5 Å². The van der Waals surface area contributed by atoms with Crippen LogP contribution in [0.4, 0.5) is 5.69 Å². The smallest absolute Gasteiger partial charge is 0.244 e. The van der Waals surface area contributed by atoms with Crippen molar-refractivity contribution in [2.45, 2.75) is 45.4 Å². The summed E-state index contributed by atoms with van der Waals surface area (Å²) in [6, 6.07) is 10.1. The van der Waals surface area contributed by atoms with E-state index in [4.69, 9.17) is 5.26 Å². The maximum absolute atomic E-state index is 12.1. The molecule has 0 saturated heterocycles. The van der Waals surface area contributed by atoms with E-state index in [1.54, 1.807) is 0 Å². The van der Waals surface area contributed by atoms with E-state index in [0.717, 1.165) is 18.5 Å². The second-order valence-corrected chi connectivity index (χ2v) is 5.30.